The number of carbonyl (C=O) groups excluding carboxylic acids is 2. The Balaban J connectivity index is 1.76. The zero-order valence-electron chi connectivity index (χ0n) is 13.1. The lowest BCUT2D eigenvalue weighted by molar-refractivity contribution is -0.124. The lowest BCUT2D eigenvalue weighted by Gasteiger charge is -2.10. The Morgan fingerprint density at radius 1 is 1.17 bits per heavy atom. The molecule has 0 radical (unpaired) electrons. The summed E-state index contributed by atoms with van der Waals surface area (Å²) in [6.07, 6.45) is 0.0693. The molecule has 0 atom stereocenters. The van der Waals surface area contributed by atoms with Crippen molar-refractivity contribution in [2.45, 2.75) is 26.5 Å². The van der Waals surface area contributed by atoms with E-state index in [1.54, 1.807) is 35.6 Å². The first-order valence-electron chi connectivity index (χ1n) is 7.27. The van der Waals surface area contributed by atoms with Crippen LogP contribution in [-0.2, 0) is 16.1 Å². The number of rotatable bonds is 7. The van der Waals surface area contributed by atoms with Crippen molar-refractivity contribution >= 4 is 23.2 Å². The van der Waals surface area contributed by atoms with Crippen LogP contribution < -0.4 is 10.1 Å². The minimum atomic E-state index is -0.535. The van der Waals surface area contributed by atoms with E-state index >= 15 is 0 Å². The summed E-state index contributed by atoms with van der Waals surface area (Å²) in [7, 11) is 0. The van der Waals surface area contributed by atoms with E-state index in [1.165, 1.54) is 0 Å². The minimum absolute atomic E-state index is 0.0693. The third-order valence-electron chi connectivity index (χ3n) is 2.84. The van der Waals surface area contributed by atoms with Crippen molar-refractivity contribution < 1.29 is 19.1 Å². The van der Waals surface area contributed by atoms with Crippen molar-refractivity contribution in [3.63, 3.8) is 0 Å². The van der Waals surface area contributed by atoms with Crippen molar-refractivity contribution in [1.82, 2.24) is 5.32 Å². The summed E-state index contributed by atoms with van der Waals surface area (Å²) in [6.45, 7) is 4.00. The number of thiophene rings is 1. The van der Waals surface area contributed by atoms with Crippen LogP contribution in [0.5, 0.6) is 5.75 Å². The molecule has 0 fully saturated rings. The van der Waals surface area contributed by atoms with E-state index in [1.807, 2.05) is 31.4 Å². The summed E-state index contributed by atoms with van der Waals surface area (Å²) >= 11 is 1.56. The number of benzene rings is 1. The molecule has 1 N–H and O–H groups in total. The Morgan fingerprint density at radius 2 is 1.91 bits per heavy atom. The van der Waals surface area contributed by atoms with Gasteiger partial charge in [0.05, 0.1) is 18.2 Å². The standard InChI is InChI=1S/C17H19NO4S/c1-12(2)22-14-7-5-13(6-8-14)17(20)21-11-16(19)18-10-15-4-3-9-23-15/h3-9,12H,10-11H2,1-2H3,(H,18,19). The van der Waals surface area contributed by atoms with Crippen LogP contribution in [0.15, 0.2) is 41.8 Å². The maximum atomic E-state index is 11.9. The lowest BCUT2D eigenvalue weighted by atomic mass is 10.2. The average molecular weight is 333 g/mol. The monoisotopic (exact) mass is 333 g/mol. The highest BCUT2D eigenvalue weighted by atomic mass is 32.1. The fourth-order valence-electron chi connectivity index (χ4n) is 1.81. The van der Waals surface area contributed by atoms with Gasteiger partial charge in [0.25, 0.3) is 5.91 Å². The van der Waals surface area contributed by atoms with Gasteiger partial charge in [-0.3, -0.25) is 4.79 Å². The average Bonchev–Trinajstić information content (AvgIpc) is 3.04. The predicted octanol–water partition coefficient (Wildman–Crippen LogP) is 3.01. The van der Waals surface area contributed by atoms with Gasteiger partial charge in [0, 0.05) is 4.88 Å². The first-order chi connectivity index (χ1) is 11.0. The lowest BCUT2D eigenvalue weighted by Crippen LogP contribution is -2.28. The Bertz CT molecular complexity index is 635. The first-order valence-corrected chi connectivity index (χ1v) is 8.15. The maximum absolute atomic E-state index is 11.9. The Labute approximate surface area is 139 Å². The van der Waals surface area contributed by atoms with Gasteiger partial charge >= 0.3 is 5.97 Å². The molecule has 0 aliphatic rings. The number of hydrogen-bond donors (Lipinski definition) is 1. The number of nitrogens with one attached hydrogen (secondary N) is 1. The molecule has 0 saturated carbocycles. The van der Waals surface area contributed by atoms with Crippen molar-refractivity contribution in [2.75, 3.05) is 6.61 Å². The first kappa shape index (κ1) is 17.0. The molecule has 0 aliphatic heterocycles. The highest BCUT2D eigenvalue weighted by Crippen LogP contribution is 2.14. The maximum Gasteiger partial charge on any atom is 0.338 e. The van der Waals surface area contributed by atoms with Gasteiger partial charge in [0.15, 0.2) is 6.61 Å². The van der Waals surface area contributed by atoms with Crippen LogP contribution in [0.3, 0.4) is 0 Å². The number of esters is 1. The molecule has 0 spiro atoms. The molecule has 23 heavy (non-hydrogen) atoms. The van der Waals surface area contributed by atoms with E-state index in [0.29, 0.717) is 17.9 Å². The molecule has 1 amide bonds. The molecule has 0 unspecified atom stereocenters. The molecular formula is C17H19NO4S. The third-order valence-corrected chi connectivity index (χ3v) is 3.71. The van der Waals surface area contributed by atoms with Crippen molar-refractivity contribution in [3.05, 3.63) is 52.2 Å². The quantitative estimate of drug-likeness (QED) is 0.791. The van der Waals surface area contributed by atoms with Crippen LogP contribution in [-0.4, -0.2) is 24.6 Å². The van der Waals surface area contributed by atoms with Crippen LogP contribution in [0, 0.1) is 0 Å². The van der Waals surface area contributed by atoms with E-state index < -0.39 is 5.97 Å². The highest BCUT2D eigenvalue weighted by molar-refractivity contribution is 7.09. The number of ether oxygens (including phenoxy) is 2. The van der Waals surface area contributed by atoms with Gasteiger partial charge in [0.2, 0.25) is 0 Å². The van der Waals surface area contributed by atoms with Gasteiger partial charge in [0.1, 0.15) is 5.75 Å². The molecule has 2 aromatic rings. The summed E-state index contributed by atoms with van der Waals surface area (Å²) in [5.41, 5.74) is 0.382. The fourth-order valence-corrected chi connectivity index (χ4v) is 2.45. The molecule has 2 rings (SSSR count). The summed E-state index contributed by atoms with van der Waals surface area (Å²) in [5.74, 6) is -0.177. The van der Waals surface area contributed by atoms with Crippen LogP contribution in [0.25, 0.3) is 0 Å². The van der Waals surface area contributed by atoms with E-state index in [-0.39, 0.29) is 18.6 Å². The van der Waals surface area contributed by atoms with Gasteiger partial charge in [-0.1, -0.05) is 6.07 Å². The number of hydrogen-bond acceptors (Lipinski definition) is 5. The summed E-state index contributed by atoms with van der Waals surface area (Å²) in [4.78, 5) is 24.6. The molecule has 6 heteroatoms. The molecule has 1 heterocycles. The van der Waals surface area contributed by atoms with Crippen molar-refractivity contribution in [2.24, 2.45) is 0 Å². The highest BCUT2D eigenvalue weighted by Gasteiger charge is 2.10. The molecule has 1 aromatic heterocycles. The van der Waals surface area contributed by atoms with Gasteiger partial charge in [-0.15, -0.1) is 11.3 Å². The topological polar surface area (TPSA) is 64.6 Å². The number of carbonyl (C=O) groups is 2. The summed E-state index contributed by atoms with van der Waals surface area (Å²) < 4.78 is 10.5. The predicted molar refractivity (Wildman–Crippen MR) is 88.7 cm³/mol. The molecule has 0 bridgehead atoms. The number of amides is 1. The third kappa shape index (κ3) is 5.75. The summed E-state index contributed by atoms with van der Waals surface area (Å²) in [6, 6.07) is 10.5. The molecule has 5 nitrogen and oxygen atoms in total. The Hall–Kier alpha value is -2.34. The van der Waals surface area contributed by atoms with Gasteiger partial charge < -0.3 is 14.8 Å². The van der Waals surface area contributed by atoms with Crippen LogP contribution in [0.4, 0.5) is 0 Å². The van der Waals surface area contributed by atoms with Crippen molar-refractivity contribution in [1.29, 1.82) is 0 Å². The smallest absolute Gasteiger partial charge is 0.338 e. The second-order valence-corrected chi connectivity index (χ2v) is 6.16. The molecule has 1 aromatic carbocycles. The molecule has 122 valence electrons. The van der Waals surface area contributed by atoms with Crippen molar-refractivity contribution in [3.8, 4) is 5.75 Å². The van der Waals surface area contributed by atoms with Gasteiger partial charge in [-0.25, -0.2) is 4.79 Å². The minimum Gasteiger partial charge on any atom is -0.491 e. The van der Waals surface area contributed by atoms with E-state index in [2.05, 4.69) is 5.32 Å². The SMILES string of the molecule is CC(C)Oc1ccc(C(=O)OCC(=O)NCc2cccs2)cc1. The van der Waals surface area contributed by atoms with Crippen LogP contribution >= 0.6 is 11.3 Å². The fraction of sp³-hybridized carbons (Fsp3) is 0.294. The second-order valence-electron chi connectivity index (χ2n) is 5.12. The zero-order valence-corrected chi connectivity index (χ0v) is 13.9. The van der Waals surface area contributed by atoms with E-state index in [4.69, 9.17) is 9.47 Å². The van der Waals surface area contributed by atoms with E-state index in [9.17, 15) is 9.59 Å². The molecular weight excluding hydrogens is 314 g/mol. The molecule has 0 saturated heterocycles. The van der Waals surface area contributed by atoms with Crippen LogP contribution in [0.1, 0.15) is 29.1 Å². The normalized spacial score (nSPS) is 10.4. The van der Waals surface area contributed by atoms with Gasteiger partial charge in [-0.05, 0) is 49.6 Å². The summed E-state index contributed by atoms with van der Waals surface area (Å²) in [5, 5.41) is 4.64. The van der Waals surface area contributed by atoms with Gasteiger partial charge in [-0.2, -0.15) is 0 Å². The van der Waals surface area contributed by atoms with E-state index in [0.717, 1.165) is 4.88 Å². The zero-order chi connectivity index (χ0) is 16.7. The second kappa shape index (κ2) is 8.33. The largest absolute Gasteiger partial charge is 0.491 e. The Kier molecular flexibility index (Phi) is 6.17. The van der Waals surface area contributed by atoms with Crippen LogP contribution in [0.2, 0.25) is 0 Å². The molecule has 0 aliphatic carbocycles. The Morgan fingerprint density at radius 3 is 2.52 bits per heavy atom.